The predicted octanol–water partition coefficient (Wildman–Crippen LogP) is 3.83. The van der Waals surface area contributed by atoms with E-state index in [9.17, 15) is 8.42 Å². The first-order valence-electron chi connectivity index (χ1n) is 13.3. The maximum Gasteiger partial charge on any atom is 0.175 e. The molecule has 0 bridgehead atoms. The minimum Gasteiger partial charge on any atom is -0.378 e. The highest BCUT2D eigenvalue weighted by atomic mass is 32.2. The van der Waals surface area contributed by atoms with Crippen molar-refractivity contribution in [3.63, 3.8) is 0 Å². The van der Waals surface area contributed by atoms with Crippen LogP contribution in [-0.4, -0.2) is 85.5 Å². The number of benzene rings is 2. The molecule has 3 aromatic rings. The van der Waals surface area contributed by atoms with Crippen molar-refractivity contribution in [2.75, 3.05) is 45.6 Å². The SMILES string of the molecule is Cn1c(-c2ccc(S(C)(=O)=O)cc2)nc2ccc(C3CCN(C4CCN(C5COC5)CC4)CC3)c(F)c21. The molecule has 0 aliphatic carbocycles. The molecule has 4 heterocycles. The fourth-order valence-electron chi connectivity index (χ4n) is 6.32. The van der Waals surface area contributed by atoms with Crippen LogP contribution in [0.4, 0.5) is 4.39 Å². The number of ether oxygens (including phenoxy) is 1. The lowest BCUT2D eigenvalue weighted by atomic mass is 9.87. The molecule has 0 spiro atoms. The number of aromatic nitrogens is 2. The van der Waals surface area contributed by atoms with Gasteiger partial charge in [-0.05, 0) is 80.6 Å². The summed E-state index contributed by atoms with van der Waals surface area (Å²) in [5.41, 5.74) is 2.67. The summed E-state index contributed by atoms with van der Waals surface area (Å²) in [6.45, 7) is 6.12. The molecule has 0 amide bonds. The van der Waals surface area contributed by atoms with Gasteiger partial charge in [0.05, 0.1) is 29.7 Å². The van der Waals surface area contributed by atoms with Crippen LogP contribution in [0, 0.1) is 5.82 Å². The first kappa shape index (κ1) is 25.0. The first-order chi connectivity index (χ1) is 17.8. The van der Waals surface area contributed by atoms with E-state index in [4.69, 9.17) is 4.74 Å². The van der Waals surface area contributed by atoms with Gasteiger partial charge in [0.2, 0.25) is 0 Å². The number of imidazole rings is 1. The molecule has 0 unspecified atom stereocenters. The number of piperidine rings is 2. The van der Waals surface area contributed by atoms with Gasteiger partial charge in [0.25, 0.3) is 0 Å². The Labute approximate surface area is 218 Å². The van der Waals surface area contributed by atoms with E-state index >= 15 is 4.39 Å². The number of likely N-dealkylation sites (tertiary alicyclic amines) is 2. The maximum atomic E-state index is 15.9. The quantitative estimate of drug-likeness (QED) is 0.504. The number of nitrogens with zero attached hydrogens (tertiary/aromatic N) is 4. The third-order valence-corrected chi connectivity index (χ3v) is 9.80. The predicted molar refractivity (Wildman–Crippen MR) is 142 cm³/mol. The molecule has 3 fully saturated rings. The summed E-state index contributed by atoms with van der Waals surface area (Å²) < 4.78 is 46.7. The third-order valence-electron chi connectivity index (χ3n) is 8.67. The Morgan fingerprint density at radius 3 is 2.11 bits per heavy atom. The molecular formula is C28H35FN4O3S. The summed E-state index contributed by atoms with van der Waals surface area (Å²) in [4.78, 5) is 10.1. The van der Waals surface area contributed by atoms with Crippen LogP contribution in [0.3, 0.4) is 0 Å². The Bertz CT molecular complexity index is 1390. The van der Waals surface area contributed by atoms with Crippen LogP contribution in [0.1, 0.15) is 37.2 Å². The Kier molecular flexibility index (Phi) is 6.59. The average molecular weight is 527 g/mol. The maximum absolute atomic E-state index is 15.9. The van der Waals surface area contributed by atoms with Gasteiger partial charge in [-0.1, -0.05) is 6.07 Å². The summed E-state index contributed by atoms with van der Waals surface area (Å²) >= 11 is 0. The van der Waals surface area contributed by atoms with Gasteiger partial charge in [0.15, 0.2) is 15.7 Å². The minimum absolute atomic E-state index is 0.180. The zero-order valence-corrected chi connectivity index (χ0v) is 22.4. The van der Waals surface area contributed by atoms with Crippen LogP contribution in [0.25, 0.3) is 22.4 Å². The monoisotopic (exact) mass is 526 g/mol. The van der Waals surface area contributed by atoms with Gasteiger partial charge in [-0.15, -0.1) is 0 Å². The molecule has 0 saturated carbocycles. The number of sulfone groups is 1. The van der Waals surface area contributed by atoms with Gasteiger partial charge in [-0.25, -0.2) is 17.8 Å². The molecule has 6 rings (SSSR count). The number of hydrogen-bond acceptors (Lipinski definition) is 6. The van der Waals surface area contributed by atoms with Crippen molar-refractivity contribution >= 4 is 20.9 Å². The van der Waals surface area contributed by atoms with E-state index in [1.54, 1.807) is 28.8 Å². The number of halogens is 1. The molecule has 37 heavy (non-hydrogen) atoms. The van der Waals surface area contributed by atoms with Gasteiger partial charge in [-0.3, -0.25) is 4.90 Å². The molecule has 0 atom stereocenters. The largest absolute Gasteiger partial charge is 0.378 e. The lowest BCUT2D eigenvalue weighted by Gasteiger charge is -2.45. The van der Waals surface area contributed by atoms with Crippen LogP contribution in [0.15, 0.2) is 41.3 Å². The number of hydrogen-bond donors (Lipinski definition) is 0. The number of rotatable bonds is 5. The van der Waals surface area contributed by atoms with Gasteiger partial charge < -0.3 is 14.2 Å². The van der Waals surface area contributed by atoms with Crippen LogP contribution in [0.2, 0.25) is 0 Å². The summed E-state index contributed by atoms with van der Waals surface area (Å²) in [5, 5.41) is 0. The van der Waals surface area contributed by atoms with E-state index in [1.807, 2.05) is 19.2 Å². The fraction of sp³-hybridized carbons (Fsp3) is 0.536. The van der Waals surface area contributed by atoms with Gasteiger partial charge in [0.1, 0.15) is 11.3 Å². The molecule has 7 nitrogen and oxygen atoms in total. The summed E-state index contributed by atoms with van der Waals surface area (Å²) in [5.74, 6) is 0.655. The van der Waals surface area contributed by atoms with Crippen molar-refractivity contribution in [2.45, 2.75) is 48.6 Å². The molecule has 0 radical (unpaired) electrons. The first-order valence-corrected chi connectivity index (χ1v) is 15.2. The number of aryl methyl sites for hydroxylation is 1. The molecule has 2 aromatic carbocycles. The Morgan fingerprint density at radius 1 is 0.892 bits per heavy atom. The lowest BCUT2D eigenvalue weighted by Crippen LogP contribution is -2.55. The summed E-state index contributed by atoms with van der Waals surface area (Å²) in [6.07, 6.45) is 5.55. The second-order valence-electron chi connectivity index (χ2n) is 10.9. The van der Waals surface area contributed by atoms with Crippen LogP contribution >= 0.6 is 0 Å². The summed E-state index contributed by atoms with van der Waals surface area (Å²) in [6, 6.07) is 11.7. The van der Waals surface area contributed by atoms with E-state index in [-0.39, 0.29) is 16.6 Å². The Balaban J connectivity index is 1.16. The van der Waals surface area contributed by atoms with Crippen LogP contribution in [0.5, 0.6) is 0 Å². The highest BCUT2D eigenvalue weighted by molar-refractivity contribution is 7.90. The van der Waals surface area contributed by atoms with E-state index in [2.05, 4.69) is 14.8 Å². The minimum atomic E-state index is -3.27. The average Bonchev–Trinajstić information content (AvgIpc) is 3.20. The standard InChI is InChI=1S/C28H35FN4O3S/c1-31-27-25(30-28(31)20-3-5-23(6-4-20)37(2,34)35)8-7-24(26(27)29)19-9-13-32(14-10-19)21-11-15-33(16-12-21)22-17-36-18-22/h3-8,19,21-22H,9-18H2,1-2H3. The van der Waals surface area contributed by atoms with Crippen molar-refractivity contribution in [2.24, 2.45) is 7.05 Å². The van der Waals surface area contributed by atoms with Gasteiger partial charge in [-0.2, -0.15) is 0 Å². The topological polar surface area (TPSA) is 67.7 Å². The van der Waals surface area contributed by atoms with Crippen molar-refractivity contribution < 1.29 is 17.5 Å². The highest BCUT2D eigenvalue weighted by Crippen LogP contribution is 2.36. The molecule has 3 aliphatic rings. The van der Waals surface area contributed by atoms with Crippen LogP contribution < -0.4 is 0 Å². The molecule has 198 valence electrons. The third kappa shape index (κ3) is 4.71. The van der Waals surface area contributed by atoms with E-state index in [0.717, 1.165) is 63.4 Å². The van der Waals surface area contributed by atoms with Crippen molar-refractivity contribution in [3.05, 3.63) is 47.8 Å². The number of fused-ring (bicyclic) bond motifs is 1. The second-order valence-corrected chi connectivity index (χ2v) is 12.9. The summed E-state index contributed by atoms with van der Waals surface area (Å²) in [7, 11) is -1.45. The van der Waals surface area contributed by atoms with E-state index in [1.165, 1.54) is 19.1 Å². The van der Waals surface area contributed by atoms with Crippen LogP contribution in [-0.2, 0) is 21.6 Å². The molecular weight excluding hydrogens is 491 g/mol. The van der Waals surface area contributed by atoms with E-state index in [0.29, 0.717) is 28.9 Å². The Morgan fingerprint density at radius 2 is 1.51 bits per heavy atom. The van der Waals surface area contributed by atoms with Gasteiger partial charge >= 0.3 is 0 Å². The molecule has 9 heteroatoms. The zero-order chi connectivity index (χ0) is 25.7. The normalized spacial score (nSPS) is 21.5. The fourth-order valence-corrected chi connectivity index (χ4v) is 6.96. The Hall–Kier alpha value is -2.33. The van der Waals surface area contributed by atoms with Crippen molar-refractivity contribution in [1.82, 2.24) is 19.4 Å². The van der Waals surface area contributed by atoms with E-state index < -0.39 is 9.84 Å². The molecule has 3 saturated heterocycles. The van der Waals surface area contributed by atoms with Crippen molar-refractivity contribution in [1.29, 1.82) is 0 Å². The smallest absolute Gasteiger partial charge is 0.175 e. The second kappa shape index (κ2) is 9.76. The van der Waals surface area contributed by atoms with Crippen molar-refractivity contribution in [3.8, 4) is 11.4 Å². The zero-order valence-electron chi connectivity index (χ0n) is 21.6. The lowest BCUT2D eigenvalue weighted by molar-refractivity contribution is -0.0768. The molecule has 0 N–H and O–H groups in total. The molecule has 3 aliphatic heterocycles. The highest BCUT2D eigenvalue weighted by Gasteiger charge is 2.33. The molecule has 1 aromatic heterocycles. The van der Waals surface area contributed by atoms with Gasteiger partial charge in [0, 0.05) is 38.0 Å².